The second-order valence-corrected chi connectivity index (χ2v) is 6.23. The highest BCUT2D eigenvalue weighted by Gasteiger charge is 2.28. The van der Waals surface area contributed by atoms with Gasteiger partial charge in [0.1, 0.15) is 9.88 Å². The van der Waals surface area contributed by atoms with Crippen LogP contribution in [0.25, 0.3) is 0 Å². The monoisotopic (exact) mass is 292 g/mol. The Balaban J connectivity index is 2.04. The summed E-state index contributed by atoms with van der Waals surface area (Å²) >= 11 is 7.48. The lowest BCUT2D eigenvalue weighted by Gasteiger charge is -2.08. The normalized spacial score (nSPS) is 17.5. The van der Waals surface area contributed by atoms with Crippen LogP contribution in [-0.4, -0.2) is 10.9 Å². The van der Waals surface area contributed by atoms with Crippen molar-refractivity contribution in [2.75, 3.05) is 0 Å². The van der Waals surface area contributed by atoms with Gasteiger partial charge in [0.25, 0.3) is 5.91 Å². The molecule has 0 fully saturated rings. The van der Waals surface area contributed by atoms with E-state index in [9.17, 15) is 4.79 Å². The maximum Gasteiger partial charge on any atom is 0.260 e. The number of benzene rings is 1. The van der Waals surface area contributed by atoms with Crippen LogP contribution in [0.5, 0.6) is 0 Å². The number of aromatic nitrogens is 1. The molecule has 1 amide bonds. The zero-order chi connectivity index (χ0) is 13.6. The number of rotatable bonds is 2. The molecule has 0 saturated heterocycles. The van der Waals surface area contributed by atoms with Gasteiger partial charge in [0, 0.05) is 10.9 Å². The van der Waals surface area contributed by atoms with Crippen molar-refractivity contribution in [2.45, 2.75) is 25.7 Å². The van der Waals surface area contributed by atoms with Gasteiger partial charge in [0.05, 0.1) is 5.69 Å². The van der Waals surface area contributed by atoms with Gasteiger partial charge in [-0.15, -0.1) is 11.3 Å². The summed E-state index contributed by atoms with van der Waals surface area (Å²) < 4.78 is 0. The molecule has 0 bridgehead atoms. The molecule has 1 atom stereocenters. The molecule has 0 spiro atoms. The number of hydrogen-bond acceptors (Lipinski definition) is 3. The number of amides is 1. The predicted molar refractivity (Wildman–Crippen MR) is 77.0 cm³/mol. The molecule has 3 nitrogen and oxygen atoms in total. The number of nitrogens with two attached hydrogens (primary N) is 1. The minimum absolute atomic E-state index is 0.241. The maximum absolute atomic E-state index is 11.3. The Kier molecular flexibility index (Phi) is 3.07. The molecule has 1 aliphatic rings. The van der Waals surface area contributed by atoms with Crippen LogP contribution < -0.4 is 5.73 Å². The van der Waals surface area contributed by atoms with Gasteiger partial charge in [0.15, 0.2) is 0 Å². The molecule has 1 aliphatic carbocycles. The van der Waals surface area contributed by atoms with Crippen LogP contribution in [0.3, 0.4) is 0 Å². The van der Waals surface area contributed by atoms with E-state index < -0.39 is 5.91 Å². The maximum atomic E-state index is 11.3. The molecular weight excluding hydrogens is 280 g/mol. The molecule has 19 heavy (non-hydrogen) atoms. The molecule has 5 heteroatoms. The summed E-state index contributed by atoms with van der Waals surface area (Å²) in [6.45, 7) is 1.83. The fourth-order valence-corrected chi connectivity index (χ4v) is 3.88. The highest BCUT2D eigenvalue weighted by Crippen LogP contribution is 2.41. The summed E-state index contributed by atoms with van der Waals surface area (Å²) in [6, 6.07) is 6.01. The minimum atomic E-state index is -0.398. The van der Waals surface area contributed by atoms with E-state index in [1.807, 2.05) is 19.1 Å². The number of primary amides is 1. The van der Waals surface area contributed by atoms with Gasteiger partial charge in [-0.1, -0.05) is 17.7 Å². The standard InChI is InChI=1S/C14H13ClN2OS/c1-7-12(13(16)18)19-14(17-7)10-5-3-8-2-4-9(15)6-11(8)10/h2,4,6,10H,3,5H2,1H3,(H2,16,18)/t10-/m1/s1. The second kappa shape index (κ2) is 4.62. The molecular formula is C14H13ClN2OS. The van der Waals surface area contributed by atoms with Crippen LogP contribution in [0, 0.1) is 6.92 Å². The molecule has 0 radical (unpaired) electrons. The van der Waals surface area contributed by atoms with Gasteiger partial charge >= 0.3 is 0 Å². The van der Waals surface area contributed by atoms with Crippen LogP contribution in [0.2, 0.25) is 5.02 Å². The first-order chi connectivity index (χ1) is 9.06. The molecule has 2 N–H and O–H groups in total. The number of halogens is 1. The van der Waals surface area contributed by atoms with Crippen LogP contribution in [0.15, 0.2) is 18.2 Å². The smallest absolute Gasteiger partial charge is 0.260 e. The van der Waals surface area contributed by atoms with Crippen molar-refractivity contribution >= 4 is 28.8 Å². The third-order valence-corrected chi connectivity index (χ3v) is 5.04. The minimum Gasteiger partial charge on any atom is -0.365 e. The van der Waals surface area contributed by atoms with Gasteiger partial charge in [-0.3, -0.25) is 4.79 Å². The number of thiazole rings is 1. The number of aryl methyl sites for hydroxylation is 2. The average Bonchev–Trinajstić information content (AvgIpc) is 2.91. The Morgan fingerprint density at radius 2 is 2.32 bits per heavy atom. The highest BCUT2D eigenvalue weighted by atomic mass is 35.5. The molecule has 0 saturated carbocycles. The van der Waals surface area contributed by atoms with Crippen molar-refractivity contribution in [3.8, 4) is 0 Å². The van der Waals surface area contributed by atoms with Gasteiger partial charge in [-0.05, 0) is 43.0 Å². The summed E-state index contributed by atoms with van der Waals surface area (Å²) in [5, 5.41) is 1.71. The number of carbonyl (C=O) groups excluding carboxylic acids is 1. The first-order valence-electron chi connectivity index (χ1n) is 6.11. The van der Waals surface area contributed by atoms with Crippen LogP contribution in [0.1, 0.15) is 43.8 Å². The van der Waals surface area contributed by atoms with E-state index in [0.29, 0.717) is 4.88 Å². The van der Waals surface area contributed by atoms with E-state index >= 15 is 0 Å². The molecule has 1 heterocycles. The summed E-state index contributed by atoms with van der Waals surface area (Å²) in [7, 11) is 0. The van der Waals surface area contributed by atoms with Crippen molar-refractivity contribution in [2.24, 2.45) is 5.73 Å². The third kappa shape index (κ3) is 2.15. The molecule has 1 aromatic heterocycles. The van der Waals surface area contributed by atoms with Crippen LogP contribution in [0.4, 0.5) is 0 Å². The zero-order valence-corrected chi connectivity index (χ0v) is 12.0. The van der Waals surface area contributed by atoms with Gasteiger partial charge in [0.2, 0.25) is 0 Å². The number of nitrogens with zero attached hydrogens (tertiary/aromatic N) is 1. The summed E-state index contributed by atoms with van der Waals surface area (Å²) in [6.07, 6.45) is 2.04. The molecule has 0 aliphatic heterocycles. The lowest BCUT2D eigenvalue weighted by Crippen LogP contribution is -2.09. The lowest BCUT2D eigenvalue weighted by atomic mass is 10.0. The third-order valence-electron chi connectivity index (χ3n) is 3.52. The number of hydrogen-bond donors (Lipinski definition) is 1. The number of fused-ring (bicyclic) bond motifs is 1. The van der Waals surface area contributed by atoms with Gasteiger partial charge in [-0.25, -0.2) is 4.98 Å². The summed E-state index contributed by atoms with van der Waals surface area (Å²) in [5.74, 6) is -0.156. The van der Waals surface area contributed by atoms with Crippen molar-refractivity contribution in [3.05, 3.63) is 49.9 Å². The van der Waals surface area contributed by atoms with Crippen molar-refractivity contribution in [1.82, 2.24) is 4.98 Å². The average molecular weight is 293 g/mol. The van der Waals surface area contributed by atoms with Gasteiger partial charge < -0.3 is 5.73 Å². The predicted octanol–water partition coefficient (Wildman–Crippen LogP) is 3.28. The quantitative estimate of drug-likeness (QED) is 0.923. The van der Waals surface area contributed by atoms with Crippen molar-refractivity contribution in [1.29, 1.82) is 0 Å². The van der Waals surface area contributed by atoms with Crippen molar-refractivity contribution in [3.63, 3.8) is 0 Å². The Labute approximate surface area is 120 Å². The van der Waals surface area contributed by atoms with E-state index in [2.05, 4.69) is 11.1 Å². The Bertz CT molecular complexity index is 665. The van der Waals surface area contributed by atoms with E-state index in [0.717, 1.165) is 28.6 Å². The second-order valence-electron chi connectivity index (χ2n) is 4.77. The number of carbonyl (C=O) groups is 1. The largest absolute Gasteiger partial charge is 0.365 e. The van der Waals surface area contributed by atoms with Crippen LogP contribution >= 0.6 is 22.9 Å². The molecule has 3 rings (SSSR count). The molecule has 2 aromatic rings. The lowest BCUT2D eigenvalue weighted by molar-refractivity contribution is 0.100. The Hall–Kier alpha value is -1.39. The SMILES string of the molecule is Cc1nc([C@@H]2CCc3ccc(Cl)cc32)sc1C(N)=O. The first kappa shape index (κ1) is 12.6. The topological polar surface area (TPSA) is 56.0 Å². The Morgan fingerprint density at radius 1 is 1.53 bits per heavy atom. The fourth-order valence-electron chi connectivity index (χ4n) is 2.62. The van der Waals surface area contributed by atoms with E-state index in [4.69, 9.17) is 17.3 Å². The van der Waals surface area contributed by atoms with E-state index in [1.165, 1.54) is 22.5 Å². The Morgan fingerprint density at radius 3 is 3.00 bits per heavy atom. The van der Waals surface area contributed by atoms with Crippen LogP contribution in [-0.2, 0) is 6.42 Å². The first-order valence-corrected chi connectivity index (χ1v) is 7.31. The fraction of sp³-hybridized carbons (Fsp3) is 0.286. The molecule has 0 unspecified atom stereocenters. The highest BCUT2D eigenvalue weighted by molar-refractivity contribution is 7.13. The van der Waals surface area contributed by atoms with E-state index in [-0.39, 0.29) is 5.92 Å². The van der Waals surface area contributed by atoms with Gasteiger partial charge in [-0.2, -0.15) is 0 Å². The summed E-state index contributed by atoms with van der Waals surface area (Å²) in [4.78, 5) is 16.4. The zero-order valence-electron chi connectivity index (χ0n) is 10.4. The summed E-state index contributed by atoms with van der Waals surface area (Å²) in [5.41, 5.74) is 8.64. The molecule has 98 valence electrons. The molecule has 1 aromatic carbocycles. The van der Waals surface area contributed by atoms with E-state index in [1.54, 1.807) is 0 Å². The van der Waals surface area contributed by atoms with Crippen molar-refractivity contribution < 1.29 is 4.79 Å².